The molecule has 0 aromatic heterocycles. The number of halogens is 2. The van der Waals surface area contributed by atoms with Crippen molar-refractivity contribution in [2.45, 2.75) is 19.3 Å². The number of aryl methyl sites for hydroxylation is 1. The molecular formula is C19H20Cl2N2O2. The van der Waals surface area contributed by atoms with Crippen LogP contribution in [0.1, 0.15) is 28.8 Å². The van der Waals surface area contributed by atoms with Crippen molar-refractivity contribution in [2.75, 3.05) is 19.4 Å². The van der Waals surface area contributed by atoms with E-state index in [1.807, 2.05) is 24.3 Å². The first-order chi connectivity index (χ1) is 11.9. The van der Waals surface area contributed by atoms with Crippen LogP contribution in [0.15, 0.2) is 42.5 Å². The summed E-state index contributed by atoms with van der Waals surface area (Å²) in [7, 11) is 3.35. The van der Waals surface area contributed by atoms with E-state index < -0.39 is 0 Å². The van der Waals surface area contributed by atoms with Gasteiger partial charge >= 0.3 is 0 Å². The van der Waals surface area contributed by atoms with Crippen LogP contribution in [0.3, 0.4) is 0 Å². The molecule has 6 heteroatoms. The topological polar surface area (TPSA) is 49.4 Å². The summed E-state index contributed by atoms with van der Waals surface area (Å²) in [6, 6.07) is 12.4. The van der Waals surface area contributed by atoms with Crippen molar-refractivity contribution < 1.29 is 9.59 Å². The fourth-order valence-corrected chi connectivity index (χ4v) is 2.62. The Bertz CT molecular complexity index is 759. The maximum atomic E-state index is 12.1. The first-order valence-corrected chi connectivity index (χ1v) is 8.68. The van der Waals surface area contributed by atoms with Gasteiger partial charge in [0.2, 0.25) is 5.91 Å². The smallest absolute Gasteiger partial charge is 0.253 e. The molecule has 0 aliphatic rings. The minimum Gasteiger partial charge on any atom is -0.345 e. The van der Waals surface area contributed by atoms with Crippen molar-refractivity contribution in [2.24, 2.45) is 0 Å². The maximum Gasteiger partial charge on any atom is 0.253 e. The van der Waals surface area contributed by atoms with E-state index in [0.29, 0.717) is 34.1 Å². The van der Waals surface area contributed by atoms with Crippen LogP contribution in [0, 0.1) is 0 Å². The summed E-state index contributed by atoms with van der Waals surface area (Å²) < 4.78 is 0. The fraction of sp³-hybridized carbons (Fsp3) is 0.263. The van der Waals surface area contributed by atoms with E-state index >= 15 is 0 Å². The number of nitrogens with zero attached hydrogens (tertiary/aromatic N) is 1. The molecule has 0 saturated heterocycles. The third-order valence-electron chi connectivity index (χ3n) is 3.68. The molecule has 0 aliphatic carbocycles. The summed E-state index contributed by atoms with van der Waals surface area (Å²) in [4.78, 5) is 25.6. The maximum absolute atomic E-state index is 12.1. The number of carbonyl (C=O) groups is 2. The van der Waals surface area contributed by atoms with Crippen LogP contribution in [-0.4, -0.2) is 30.8 Å². The van der Waals surface area contributed by atoms with Crippen molar-refractivity contribution in [1.82, 2.24) is 4.90 Å². The quantitative estimate of drug-likeness (QED) is 0.794. The highest BCUT2D eigenvalue weighted by atomic mass is 35.5. The largest absolute Gasteiger partial charge is 0.345 e. The standard InChI is InChI=1S/C19H20Cl2N2O2/c1-23(2)19(25)14-8-11-16(21)17(12-14)22-18(24)5-3-4-13-6-9-15(20)10-7-13/h6-12H,3-5H2,1-2H3,(H,22,24). The van der Waals surface area contributed by atoms with E-state index in [0.717, 1.165) is 12.0 Å². The minimum atomic E-state index is -0.144. The molecule has 0 bridgehead atoms. The van der Waals surface area contributed by atoms with Crippen molar-refractivity contribution >= 4 is 40.7 Å². The SMILES string of the molecule is CN(C)C(=O)c1ccc(Cl)c(NC(=O)CCCc2ccc(Cl)cc2)c1. The lowest BCUT2D eigenvalue weighted by atomic mass is 10.1. The van der Waals surface area contributed by atoms with E-state index in [-0.39, 0.29) is 11.8 Å². The highest BCUT2D eigenvalue weighted by Gasteiger charge is 2.12. The molecule has 132 valence electrons. The summed E-state index contributed by atoms with van der Waals surface area (Å²) in [5, 5.41) is 3.88. The van der Waals surface area contributed by atoms with Gasteiger partial charge in [-0.1, -0.05) is 35.3 Å². The Labute approximate surface area is 157 Å². The van der Waals surface area contributed by atoms with Crippen LogP contribution < -0.4 is 5.32 Å². The Hall–Kier alpha value is -2.04. The van der Waals surface area contributed by atoms with E-state index in [1.54, 1.807) is 32.3 Å². The minimum absolute atomic E-state index is 0.134. The Balaban J connectivity index is 1.92. The normalized spacial score (nSPS) is 10.4. The molecular weight excluding hydrogens is 359 g/mol. The summed E-state index contributed by atoms with van der Waals surface area (Å²) in [5.74, 6) is -0.278. The van der Waals surface area contributed by atoms with Gasteiger partial charge < -0.3 is 10.2 Å². The highest BCUT2D eigenvalue weighted by Crippen LogP contribution is 2.24. The molecule has 2 aromatic carbocycles. The zero-order valence-electron chi connectivity index (χ0n) is 14.2. The summed E-state index contributed by atoms with van der Waals surface area (Å²) in [5.41, 5.74) is 2.06. The molecule has 0 atom stereocenters. The number of carbonyl (C=O) groups excluding carboxylic acids is 2. The first kappa shape index (κ1) is 19.3. The zero-order valence-corrected chi connectivity index (χ0v) is 15.7. The molecule has 0 unspecified atom stereocenters. The highest BCUT2D eigenvalue weighted by molar-refractivity contribution is 6.34. The third-order valence-corrected chi connectivity index (χ3v) is 4.26. The van der Waals surface area contributed by atoms with Crippen LogP contribution in [-0.2, 0) is 11.2 Å². The Morgan fingerprint density at radius 3 is 2.36 bits per heavy atom. The molecule has 0 radical (unpaired) electrons. The fourth-order valence-electron chi connectivity index (χ4n) is 2.33. The van der Waals surface area contributed by atoms with Crippen LogP contribution in [0.5, 0.6) is 0 Å². The van der Waals surface area contributed by atoms with Gasteiger partial charge in [-0.05, 0) is 48.7 Å². The molecule has 0 heterocycles. The van der Waals surface area contributed by atoms with Gasteiger partial charge in [0.15, 0.2) is 0 Å². The zero-order chi connectivity index (χ0) is 18.4. The van der Waals surface area contributed by atoms with E-state index in [9.17, 15) is 9.59 Å². The average Bonchev–Trinajstić information content (AvgIpc) is 2.58. The van der Waals surface area contributed by atoms with E-state index in [1.165, 1.54) is 4.90 Å². The summed E-state index contributed by atoms with van der Waals surface area (Å²) >= 11 is 12.0. The number of benzene rings is 2. The lowest BCUT2D eigenvalue weighted by Gasteiger charge is -2.13. The predicted octanol–water partition coefficient (Wildman–Crippen LogP) is 4.66. The molecule has 2 amide bonds. The van der Waals surface area contributed by atoms with E-state index in [4.69, 9.17) is 23.2 Å². The molecule has 2 aromatic rings. The van der Waals surface area contributed by atoms with E-state index in [2.05, 4.69) is 5.32 Å². The molecule has 1 N–H and O–H groups in total. The Kier molecular flexibility index (Phi) is 6.85. The molecule has 0 saturated carbocycles. The Morgan fingerprint density at radius 1 is 1.04 bits per heavy atom. The number of hydrogen-bond acceptors (Lipinski definition) is 2. The number of amides is 2. The molecule has 0 spiro atoms. The van der Waals surface area contributed by atoms with Gasteiger partial charge in [-0.15, -0.1) is 0 Å². The first-order valence-electron chi connectivity index (χ1n) is 7.92. The van der Waals surface area contributed by atoms with Gasteiger partial charge in [0.25, 0.3) is 5.91 Å². The number of anilines is 1. The van der Waals surface area contributed by atoms with Gasteiger partial charge in [-0.3, -0.25) is 9.59 Å². The average molecular weight is 379 g/mol. The van der Waals surface area contributed by atoms with Gasteiger partial charge in [0.05, 0.1) is 10.7 Å². The Morgan fingerprint density at radius 2 is 1.72 bits per heavy atom. The monoisotopic (exact) mass is 378 g/mol. The van der Waals surface area contributed by atoms with Crippen LogP contribution >= 0.6 is 23.2 Å². The van der Waals surface area contributed by atoms with Crippen molar-refractivity contribution in [3.8, 4) is 0 Å². The van der Waals surface area contributed by atoms with Crippen LogP contribution in [0.2, 0.25) is 10.0 Å². The lowest BCUT2D eigenvalue weighted by molar-refractivity contribution is -0.116. The number of nitrogens with one attached hydrogen (secondary N) is 1. The predicted molar refractivity (Wildman–Crippen MR) is 102 cm³/mol. The lowest BCUT2D eigenvalue weighted by Crippen LogP contribution is -2.22. The van der Waals surface area contributed by atoms with Crippen molar-refractivity contribution in [3.63, 3.8) is 0 Å². The second-order valence-electron chi connectivity index (χ2n) is 5.92. The molecule has 0 fully saturated rings. The molecule has 4 nitrogen and oxygen atoms in total. The van der Waals surface area contributed by atoms with Gasteiger partial charge in [-0.2, -0.15) is 0 Å². The van der Waals surface area contributed by atoms with Crippen LogP contribution in [0.25, 0.3) is 0 Å². The molecule has 0 aliphatic heterocycles. The number of rotatable bonds is 6. The second kappa shape index (κ2) is 8.88. The molecule has 2 rings (SSSR count). The summed E-state index contributed by atoms with van der Waals surface area (Å²) in [6.45, 7) is 0. The van der Waals surface area contributed by atoms with Crippen molar-refractivity contribution in [3.05, 3.63) is 63.6 Å². The number of hydrogen-bond donors (Lipinski definition) is 1. The van der Waals surface area contributed by atoms with Gasteiger partial charge in [0.1, 0.15) is 0 Å². The van der Waals surface area contributed by atoms with Gasteiger partial charge in [-0.25, -0.2) is 0 Å². The second-order valence-corrected chi connectivity index (χ2v) is 6.77. The van der Waals surface area contributed by atoms with Gasteiger partial charge in [0, 0.05) is 31.1 Å². The molecule has 25 heavy (non-hydrogen) atoms. The third kappa shape index (κ3) is 5.76. The van der Waals surface area contributed by atoms with Crippen LogP contribution in [0.4, 0.5) is 5.69 Å². The summed E-state index contributed by atoms with van der Waals surface area (Å²) in [6.07, 6.45) is 1.86. The van der Waals surface area contributed by atoms with Crippen molar-refractivity contribution in [1.29, 1.82) is 0 Å².